The zero-order valence-electron chi connectivity index (χ0n) is 12.3. The van der Waals surface area contributed by atoms with Gasteiger partial charge in [0.05, 0.1) is 0 Å². The average Bonchev–Trinajstić information content (AvgIpc) is 2.35. The minimum Gasteiger partial charge on any atom is -0.461 e. The van der Waals surface area contributed by atoms with Gasteiger partial charge in [0, 0.05) is 6.92 Å². The Hall–Kier alpha value is -1.05. The van der Waals surface area contributed by atoms with Crippen LogP contribution < -0.4 is 0 Å². The summed E-state index contributed by atoms with van der Waals surface area (Å²) in [6.45, 7) is 12.7. The van der Waals surface area contributed by atoms with Crippen LogP contribution in [0.15, 0.2) is 24.3 Å². The van der Waals surface area contributed by atoms with Gasteiger partial charge in [-0.2, -0.15) is 0 Å². The molecule has 2 rings (SSSR count). The summed E-state index contributed by atoms with van der Waals surface area (Å²) in [7, 11) is 0. The predicted molar refractivity (Wildman–Crippen MR) is 77.7 cm³/mol. The molecule has 2 fully saturated rings. The van der Waals surface area contributed by atoms with E-state index < -0.39 is 0 Å². The standard InChI is InChI=1S/C17H26O2/c1-12-6-5-8-17(4)9-7-15(10-16(12)17)13(2)11-19-14(3)18/h15-16H,1-2,5-11H2,3-4H3. The molecule has 0 aromatic heterocycles. The monoisotopic (exact) mass is 262 g/mol. The molecular formula is C17H26O2. The molecule has 2 aliphatic rings. The van der Waals surface area contributed by atoms with Gasteiger partial charge in [0.25, 0.3) is 0 Å². The van der Waals surface area contributed by atoms with Crippen molar-refractivity contribution in [3.8, 4) is 0 Å². The summed E-state index contributed by atoms with van der Waals surface area (Å²) < 4.78 is 5.08. The van der Waals surface area contributed by atoms with E-state index in [1.807, 2.05) is 0 Å². The van der Waals surface area contributed by atoms with E-state index in [4.69, 9.17) is 4.74 Å². The van der Waals surface area contributed by atoms with E-state index in [0.29, 0.717) is 23.9 Å². The van der Waals surface area contributed by atoms with Gasteiger partial charge in [-0.05, 0) is 61.3 Å². The molecule has 0 aliphatic heterocycles. The number of ether oxygens (including phenoxy) is 1. The quantitative estimate of drug-likeness (QED) is 0.561. The van der Waals surface area contributed by atoms with Gasteiger partial charge in [0.15, 0.2) is 0 Å². The summed E-state index contributed by atoms with van der Waals surface area (Å²) in [6, 6.07) is 0. The first-order valence-electron chi connectivity index (χ1n) is 7.41. The molecular weight excluding hydrogens is 236 g/mol. The topological polar surface area (TPSA) is 26.3 Å². The van der Waals surface area contributed by atoms with E-state index in [-0.39, 0.29) is 5.97 Å². The molecule has 3 unspecified atom stereocenters. The summed E-state index contributed by atoms with van der Waals surface area (Å²) in [5.74, 6) is 0.908. The van der Waals surface area contributed by atoms with Crippen molar-refractivity contribution in [2.24, 2.45) is 17.3 Å². The highest BCUT2D eigenvalue weighted by Gasteiger charge is 2.43. The Balaban J connectivity index is 1.98. The molecule has 0 bridgehead atoms. The van der Waals surface area contributed by atoms with Crippen molar-refractivity contribution < 1.29 is 9.53 Å². The maximum atomic E-state index is 10.9. The highest BCUT2D eigenvalue weighted by Crippen LogP contribution is 2.54. The summed E-state index contributed by atoms with van der Waals surface area (Å²) in [6.07, 6.45) is 7.39. The van der Waals surface area contributed by atoms with Crippen LogP contribution in [0.25, 0.3) is 0 Å². The summed E-state index contributed by atoms with van der Waals surface area (Å²) >= 11 is 0. The van der Waals surface area contributed by atoms with Gasteiger partial charge >= 0.3 is 5.97 Å². The van der Waals surface area contributed by atoms with E-state index in [1.165, 1.54) is 44.6 Å². The van der Waals surface area contributed by atoms with Crippen LogP contribution in [0.5, 0.6) is 0 Å². The second-order valence-corrected chi connectivity index (χ2v) is 6.63. The second kappa shape index (κ2) is 5.52. The fourth-order valence-corrected chi connectivity index (χ4v) is 3.90. The van der Waals surface area contributed by atoms with Crippen LogP contribution in [0.3, 0.4) is 0 Å². The van der Waals surface area contributed by atoms with Crippen LogP contribution in [-0.4, -0.2) is 12.6 Å². The smallest absolute Gasteiger partial charge is 0.302 e. The number of carbonyl (C=O) groups excluding carboxylic acids is 1. The first-order valence-corrected chi connectivity index (χ1v) is 7.41. The molecule has 106 valence electrons. The Kier molecular flexibility index (Phi) is 4.17. The van der Waals surface area contributed by atoms with Crippen molar-refractivity contribution in [2.75, 3.05) is 6.61 Å². The molecule has 19 heavy (non-hydrogen) atoms. The maximum Gasteiger partial charge on any atom is 0.302 e. The molecule has 2 nitrogen and oxygen atoms in total. The Bertz CT molecular complexity index is 396. The maximum absolute atomic E-state index is 10.9. The third kappa shape index (κ3) is 3.10. The number of esters is 1. The predicted octanol–water partition coefficient (Wildman–Crippen LogP) is 4.27. The number of hydrogen-bond donors (Lipinski definition) is 0. The van der Waals surface area contributed by atoms with Crippen LogP contribution >= 0.6 is 0 Å². The first-order chi connectivity index (χ1) is 8.92. The molecule has 0 aromatic carbocycles. The molecule has 0 spiro atoms. The Morgan fingerprint density at radius 2 is 2.21 bits per heavy atom. The summed E-state index contributed by atoms with van der Waals surface area (Å²) in [4.78, 5) is 10.9. The van der Waals surface area contributed by atoms with Crippen LogP contribution in [0.1, 0.15) is 52.4 Å². The van der Waals surface area contributed by atoms with E-state index in [0.717, 1.165) is 12.0 Å². The first kappa shape index (κ1) is 14.4. The van der Waals surface area contributed by atoms with Crippen LogP contribution in [0, 0.1) is 17.3 Å². The minimum atomic E-state index is -0.219. The summed E-state index contributed by atoms with van der Waals surface area (Å²) in [5.41, 5.74) is 2.96. The van der Waals surface area contributed by atoms with Crippen molar-refractivity contribution in [3.63, 3.8) is 0 Å². The number of rotatable bonds is 3. The van der Waals surface area contributed by atoms with Crippen molar-refractivity contribution >= 4 is 5.97 Å². The summed E-state index contributed by atoms with van der Waals surface area (Å²) in [5, 5.41) is 0. The van der Waals surface area contributed by atoms with Gasteiger partial charge in [0.2, 0.25) is 0 Å². The van der Waals surface area contributed by atoms with Crippen molar-refractivity contribution in [1.82, 2.24) is 0 Å². The lowest BCUT2D eigenvalue weighted by atomic mass is 9.56. The Morgan fingerprint density at radius 1 is 1.47 bits per heavy atom. The highest BCUT2D eigenvalue weighted by molar-refractivity contribution is 5.66. The van der Waals surface area contributed by atoms with E-state index >= 15 is 0 Å². The van der Waals surface area contributed by atoms with Gasteiger partial charge in [-0.15, -0.1) is 0 Å². The van der Waals surface area contributed by atoms with Gasteiger partial charge < -0.3 is 4.74 Å². The molecule has 0 N–H and O–H groups in total. The third-order valence-electron chi connectivity index (χ3n) is 5.20. The lowest BCUT2D eigenvalue weighted by Gasteiger charge is -2.49. The van der Waals surface area contributed by atoms with Crippen molar-refractivity contribution in [1.29, 1.82) is 0 Å². The number of hydrogen-bond acceptors (Lipinski definition) is 2. The fourth-order valence-electron chi connectivity index (χ4n) is 3.90. The highest BCUT2D eigenvalue weighted by atomic mass is 16.5. The zero-order valence-corrected chi connectivity index (χ0v) is 12.3. The van der Waals surface area contributed by atoms with E-state index in [9.17, 15) is 4.79 Å². The minimum absolute atomic E-state index is 0.219. The number of fused-ring (bicyclic) bond motifs is 1. The van der Waals surface area contributed by atoms with E-state index in [1.54, 1.807) is 0 Å². The lowest BCUT2D eigenvalue weighted by Crippen LogP contribution is -2.38. The molecule has 0 amide bonds. The fraction of sp³-hybridized carbons (Fsp3) is 0.706. The van der Waals surface area contributed by atoms with Gasteiger partial charge in [-0.25, -0.2) is 0 Å². The largest absolute Gasteiger partial charge is 0.461 e. The SMILES string of the molecule is C=C(COC(C)=O)C1CCC2(C)CCCC(=C)C2C1. The lowest BCUT2D eigenvalue weighted by molar-refractivity contribution is -0.140. The van der Waals surface area contributed by atoms with Crippen LogP contribution in [-0.2, 0) is 9.53 Å². The molecule has 2 saturated carbocycles. The molecule has 0 aromatic rings. The molecule has 3 atom stereocenters. The third-order valence-corrected chi connectivity index (χ3v) is 5.20. The zero-order chi connectivity index (χ0) is 14.0. The van der Waals surface area contributed by atoms with E-state index in [2.05, 4.69) is 20.1 Å². The second-order valence-electron chi connectivity index (χ2n) is 6.63. The average molecular weight is 262 g/mol. The molecule has 2 heteroatoms. The molecule has 0 saturated heterocycles. The van der Waals surface area contributed by atoms with Gasteiger partial charge in [-0.1, -0.05) is 25.7 Å². The molecule has 2 aliphatic carbocycles. The number of allylic oxidation sites excluding steroid dienone is 1. The number of carbonyl (C=O) groups is 1. The van der Waals surface area contributed by atoms with Crippen LogP contribution in [0.2, 0.25) is 0 Å². The molecule has 0 heterocycles. The van der Waals surface area contributed by atoms with Crippen molar-refractivity contribution in [2.45, 2.75) is 52.4 Å². The van der Waals surface area contributed by atoms with Gasteiger partial charge in [0.1, 0.15) is 6.61 Å². The van der Waals surface area contributed by atoms with Crippen LogP contribution in [0.4, 0.5) is 0 Å². The van der Waals surface area contributed by atoms with Crippen molar-refractivity contribution in [3.05, 3.63) is 24.3 Å². The molecule has 0 radical (unpaired) electrons. The Labute approximate surface area is 116 Å². The normalized spacial score (nSPS) is 34.5. The van der Waals surface area contributed by atoms with Gasteiger partial charge in [-0.3, -0.25) is 4.79 Å². The Morgan fingerprint density at radius 3 is 2.89 bits per heavy atom.